The number of sulfonamides is 1. The number of anilines is 1. The molecule has 1 N–H and O–H groups in total. The fourth-order valence-corrected chi connectivity index (χ4v) is 5.68. The first-order valence-corrected chi connectivity index (χ1v) is 14.9. The van der Waals surface area contributed by atoms with E-state index in [9.17, 15) is 18.0 Å². The van der Waals surface area contributed by atoms with Crippen LogP contribution in [0.5, 0.6) is 11.5 Å². The highest BCUT2D eigenvalue weighted by molar-refractivity contribution is 7.92. The lowest BCUT2D eigenvalue weighted by atomic mass is 10.1. The van der Waals surface area contributed by atoms with Crippen molar-refractivity contribution in [3.8, 4) is 11.5 Å². The molecule has 0 saturated carbocycles. The summed E-state index contributed by atoms with van der Waals surface area (Å²) in [5.41, 5.74) is 1.22. The normalized spacial score (nSPS) is 12.0. The highest BCUT2D eigenvalue weighted by Gasteiger charge is 2.32. The number of carbonyl (C=O) groups is 2. The van der Waals surface area contributed by atoms with Crippen LogP contribution in [0.3, 0.4) is 0 Å². The van der Waals surface area contributed by atoms with E-state index in [1.54, 1.807) is 37.3 Å². The topological polar surface area (TPSA) is 105 Å². The molecule has 3 rings (SSSR count). The maximum Gasteiger partial charge on any atom is 0.264 e. The Morgan fingerprint density at radius 2 is 1.46 bits per heavy atom. The zero-order valence-corrected chi connectivity index (χ0v) is 25.1. The summed E-state index contributed by atoms with van der Waals surface area (Å²) in [6.07, 6.45) is 0.496. The Bertz CT molecular complexity index is 1400. The average molecular weight is 582 g/mol. The van der Waals surface area contributed by atoms with Crippen molar-refractivity contribution in [2.45, 2.75) is 38.1 Å². The van der Waals surface area contributed by atoms with E-state index in [1.807, 2.05) is 44.2 Å². The molecule has 0 bridgehead atoms. The number of nitrogens with zero attached hydrogens (tertiary/aromatic N) is 2. The minimum atomic E-state index is -4.17. The van der Waals surface area contributed by atoms with Crippen molar-refractivity contribution in [2.75, 3.05) is 38.2 Å². The minimum absolute atomic E-state index is 0.0288. The molecule has 10 heteroatoms. The second-order valence-electron chi connectivity index (χ2n) is 10.0. The third-order valence-electron chi connectivity index (χ3n) is 6.60. The second kappa shape index (κ2) is 14.5. The molecule has 0 heterocycles. The van der Waals surface area contributed by atoms with Crippen molar-refractivity contribution < 1.29 is 27.5 Å². The molecule has 0 radical (unpaired) electrons. The number of rotatable bonds is 14. The highest BCUT2D eigenvalue weighted by atomic mass is 32.2. The Morgan fingerprint density at radius 3 is 2.05 bits per heavy atom. The Hall–Kier alpha value is -4.05. The van der Waals surface area contributed by atoms with Gasteiger partial charge in [-0.05, 0) is 49.1 Å². The number of methoxy groups -OCH3 is 2. The van der Waals surface area contributed by atoms with Gasteiger partial charge in [-0.2, -0.15) is 0 Å². The molecule has 0 spiro atoms. The second-order valence-corrected chi connectivity index (χ2v) is 11.9. The molecule has 0 aromatic heterocycles. The van der Waals surface area contributed by atoms with E-state index >= 15 is 0 Å². The number of ether oxygens (including phenoxy) is 2. The van der Waals surface area contributed by atoms with Crippen LogP contribution in [0.2, 0.25) is 0 Å². The molecule has 220 valence electrons. The van der Waals surface area contributed by atoms with Crippen molar-refractivity contribution in [3.63, 3.8) is 0 Å². The van der Waals surface area contributed by atoms with Crippen LogP contribution in [-0.2, 0) is 26.0 Å². The van der Waals surface area contributed by atoms with Gasteiger partial charge >= 0.3 is 0 Å². The molecule has 9 nitrogen and oxygen atoms in total. The molecule has 0 aliphatic heterocycles. The largest absolute Gasteiger partial charge is 0.493 e. The summed E-state index contributed by atoms with van der Waals surface area (Å²) in [5, 5.41) is 2.89. The fourth-order valence-electron chi connectivity index (χ4n) is 4.25. The first-order valence-electron chi connectivity index (χ1n) is 13.5. The maximum absolute atomic E-state index is 14.0. The fraction of sp³-hybridized carbons (Fsp3) is 0.355. The molecule has 3 aromatic carbocycles. The minimum Gasteiger partial charge on any atom is -0.493 e. The molecule has 3 aromatic rings. The van der Waals surface area contributed by atoms with Crippen molar-refractivity contribution >= 4 is 27.5 Å². The third kappa shape index (κ3) is 8.23. The Balaban J connectivity index is 2.01. The summed E-state index contributed by atoms with van der Waals surface area (Å²) in [6, 6.07) is 21.4. The monoisotopic (exact) mass is 581 g/mol. The molecule has 2 amide bonds. The van der Waals surface area contributed by atoms with E-state index in [0.29, 0.717) is 24.5 Å². The molecule has 41 heavy (non-hydrogen) atoms. The molecular weight excluding hydrogens is 542 g/mol. The molecule has 0 saturated heterocycles. The molecular formula is C31H39N3O6S. The van der Waals surface area contributed by atoms with Crippen molar-refractivity contribution in [1.29, 1.82) is 0 Å². The van der Waals surface area contributed by atoms with Gasteiger partial charge in [0.05, 0.1) is 24.8 Å². The first kappa shape index (κ1) is 31.5. The summed E-state index contributed by atoms with van der Waals surface area (Å²) < 4.78 is 39.6. The number of nitrogens with one attached hydrogen (secondary N) is 1. The van der Waals surface area contributed by atoms with Crippen LogP contribution >= 0.6 is 0 Å². The lowest BCUT2D eigenvalue weighted by Crippen LogP contribution is -2.52. The zero-order chi connectivity index (χ0) is 30.0. The van der Waals surface area contributed by atoms with Crippen LogP contribution in [0.1, 0.15) is 26.3 Å². The van der Waals surface area contributed by atoms with Gasteiger partial charge in [0.1, 0.15) is 12.6 Å². The Labute approximate surface area is 243 Å². The number of carbonyl (C=O) groups excluding carboxylic acids is 2. The van der Waals surface area contributed by atoms with Gasteiger partial charge in [0.25, 0.3) is 10.0 Å². The number of benzene rings is 3. The molecule has 0 unspecified atom stereocenters. The summed E-state index contributed by atoms with van der Waals surface area (Å²) in [6.45, 7) is 5.79. The van der Waals surface area contributed by atoms with E-state index in [-0.39, 0.29) is 29.0 Å². The maximum atomic E-state index is 14.0. The predicted octanol–water partition coefficient (Wildman–Crippen LogP) is 4.13. The average Bonchev–Trinajstić information content (AvgIpc) is 2.99. The number of hydrogen-bond acceptors (Lipinski definition) is 6. The van der Waals surface area contributed by atoms with Gasteiger partial charge < -0.3 is 19.7 Å². The van der Waals surface area contributed by atoms with E-state index in [1.165, 1.54) is 37.3 Å². The van der Waals surface area contributed by atoms with Crippen LogP contribution in [0.25, 0.3) is 0 Å². The molecule has 0 aliphatic rings. The SMILES string of the molecule is COc1ccc(N(CC(=O)N(CCc2ccccc2)[C@H](C)C(=O)NCC(C)C)S(=O)(=O)c2ccccc2)cc1OC. The summed E-state index contributed by atoms with van der Waals surface area (Å²) >= 11 is 0. The van der Waals surface area contributed by atoms with Gasteiger partial charge in [-0.25, -0.2) is 8.42 Å². The van der Waals surface area contributed by atoms with Crippen LogP contribution in [0.4, 0.5) is 5.69 Å². The van der Waals surface area contributed by atoms with Crippen molar-refractivity contribution in [1.82, 2.24) is 10.2 Å². The molecule has 1 atom stereocenters. The van der Waals surface area contributed by atoms with Gasteiger partial charge in [-0.15, -0.1) is 0 Å². The van der Waals surface area contributed by atoms with Crippen molar-refractivity contribution in [2.24, 2.45) is 5.92 Å². The van der Waals surface area contributed by atoms with E-state index in [0.717, 1.165) is 9.87 Å². The van der Waals surface area contributed by atoms with Gasteiger partial charge in [0, 0.05) is 19.2 Å². The number of amides is 2. The van der Waals surface area contributed by atoms with E-state index in [4.69, 9.17) is 9.47 Å². The summed E-state index contributed by atoms with van der Waals surface area (Å²) in [7, 11) is -1.24. The van der Waals surface area contributed by atoms with Crippen LogP contribution in [0.15, 0.2) is 83.8 Å². The van der Waals surface area contributed by atoms with Gasteiger partial charge in [0.2, 0.25) is 11.8 Å². The molecule has 0 aliphatic carbocycles. The third-order valence-corrected chi connectivity index (χ3v) is 8.39. The lowest BCUT2D eigenvalue weighted by Gasteiger charge is -2.32. The Kier molecular flexibility index (Phi) is 11.2. The summed E-state index contributed by atoms with van der Waals surface area (Å²) in [5.74, 6) is 0.148. The standard InChI is InChI=1S/C31H39N3O6S/c1-23(2)21-32-31(36)24(3)33(19-18-25-12-8-6-9-13-25)30(35)22-34(41(37,38)27-14-10-7-11-15-27)26-16-17-28(39-4)29(20-26)40-5/h6-17,20,23-24H,18-19,21-22H2,1-5H3,(H,32,36)/t24-/m1/s1. The molecule has 0 fully saturated rings. The quantitative estimate of drug-likeness (QED) is 0.307. The van der Waals surface area contributed by atoms with Crippen LogP contribution in [0, 0.1) is 5.92 Å². The van der Waals surface area contributed by atoms with Crippen molar-refractivity contribution in [3.05, 3.63) is 84.4 Å². The van der Waals surface area contributed by atoms with E-state index < -0.39 is 28.5 Å². The smallest absolute Gasteiger partial charge is 0.264 e. The highest BCUT2D eigenvalue weighted by Crippen LogP contribution is 2.34. The van der Waals surface area contributed by atoms with E-state index in [2.05, 4.69) is 5.32 Å². The first-order chi connectivity index (χ1) is 19.6. The predicted molar refractivity (Wildman–Crippen MR) is 160 cm³/mol. The summed E-state index contributed by atoms with van der Waals surface area (Å²) in [4.78, 5) is 28.5. The zero-order valence-electron chi connectivity index (χ0n) is 24.2. The van der Waals surface area contributed by atoms with Crippen LogP contribution in [-0.4, -0.2) is 65.0 Å². The van der Waals surface area contributed by atoms with Crippen LogP contribution < -0.4 is 19.1 Å². The number of hydrogen-bond donors (Lipinski definition) is 1. The van der Waals surface area contributed by atoms with Gasteiger partial charge in [-0.1, -0.05) is 62.4 Å². The lowest BCUT2D eigenvalue weighted by molar-refractivity contribution is -0.138. The van der Waals surface area contributed by atoms with Gasteiger partial charge in [-0.3, -0.25) is 13.9 Å². The Morgan fingerprint density at radius 1 is 0.854 bits per heavy atom. The van der Waals surface area contributed by atoms with Gasteiger partial charge in [0.15, 0.2) is 11.5 Å².